The van der Waals surface area contributed by atoms with Crippen molar-refractivity contribution < 1.29 is 22.3 Å². The van der Waals surface area contributed by atoms with Crippen molar-refractivity contribution in [1.82, 2.24) is 9.97 Å². The van der Waals surface area contributed by atoms with Crippen molar-refractivity contribution in [2.75, 3.05) is 0 Å². The Kier molecular flexibility index (Phi) is 5.71. The number of hydrogen-bond donors (Lipinski definition) is 0. The molecule has 3 aromatic rings. The molecule has 0 spiro atoms. The third-order valence-corrected chi connectivity index (χ3v) is 5.50. The van der Waals surface area contributed by atoms with E-state index in [1.54, 1.807) is 31.2 Å². The summed E-state index contributed by atoms with van der Waals surface area (Å²) in [6.07, 6.45) is 1.03. The summed E-state index contributed by atoms with van der Waals surface area (Å²) >= 11 is 5.96. The summed E-state index contributed by atoms with van der Waals surface area (Å²) in [5.41, 5.74) is 0.701. The van der Waals surface area contributed by atoms with Gasteiger partial charge in [-0.25, -0.2) is 27.6 Å². The predicted molar refractivity (Wildman–Crippen MR) is 100 cm³/mol. The van der Waals surface area contributed by atoms with Crippen molar-refractivity contribution >= 4 is 27.4 Å². The fourth-order valence-corrected chi connectivity index (χ4v) is 3.70. The van der Waals surface area contributed by atoms with Crippen LogP contribution in [0.25, 0.3) is 0 Å². The summed E-state index contributed by atoms with van der Waals surface area (Å²) in [5, 5.41) is -0.711. The summed E-state index contributed by atoms with van der Waals surface area (Å²) in [5.74, 6) is -1.54. The van der Waals surface area contributed by atoms with Crippen LogP contribution in [0.2, 0.25) is 5.02 Å². The summed E-state index contributed by atoms with van der Waals surface area (Å²) in [4.78, 5) is 20.0. The van der Waals surface area contributed by atoms with E-state index in [4.69, 9.17) is 16.3 Å². The number of carbonyl (C=O) groups excluding carboxylic acids is 1. The quantitative estimate of drug-likeness (QED) is 0.355. The smallest absolute Gasteiger partial charge is 0.364 e. The Balaban J connectivity index is 1.89. The van der Waals surface area contributed by atoms with Crippen LogP contribution < -0.4 is 4.74 Å². The number of esters is 1. The fraction of sp³-hybridized carbons (Fsp3) is 0.105. The number of para-hydroxylation sites is 1. The van der Waals surface area contributed by atoms with Gasteiger partial charge in [-0.15, -0.1) is 0 Å². The second-order valence-electron chi connectivity index (χ2n) is 5.89. The SMILES string of the molecule is Cc1ccccc1OC(=O)c1nc(S(=O)(=O)Cc2ccc(F)cc2)ncc1Cl. The number of ether oxygens (including phenoxy) is 1. The first-order valence-corrected chi connectivity index (χ1v) is 10.1. The van der Waals surface area contributed by atoms with Crippen molar-refractivity contribution in [1.29, 1.82) is 0 Å². The van der Waals surface area contributed by atoms with Gasteiger partial charge in [0.1, 0.15) is 11.6 Å². The third-order valence-electron chi connectivity index (χ3n) is 3.76. The lowest BCUT2D eigenvalue weighted by Gasteiger charge is -2.09. The zero-order chi connectivity index (χ0) is 20.3. The molecule has 2 aromatic carbocycles. The highest BCUT2D eigenvalue weighted by atomic mass is 35.5. The van der Waals surface area contributed by atoms with Crippen LogP contribution in [0.5, 0.6) is 5.75 Å². The number of aryl methyl sites for hydroxylation is 1. The Morgan fingerprint density at radius 1 is 1.14 bits per heavy atom. The molecule has 1 heterocycles. The van der Waals surface area contributed by atoms with E-state index < -0.39 is 32.5 Å². The molecule has 0 fully saturated rings. The number of hydrogen-bond acceptors (Lipinski definition) is 6. The highest BCUT2D eigenvalue weighted by molar-refractivity contribution is 7.90. The molecule has 0 aliphatic rings. The Morgan fingerprint density at radius 2 is 1.82 bits per heavy atom. The van der Waals surface area contributed by atoms with Crippen molar-refractivity contribution in [3.05, 3.63) is 82.4 Å². The number of rotatable bonds is 5. The van der Waals surface area contributed by atoms with Gasteiger partial charge in [-0.3, -0.25) is 0 Å². The van der Waals surface area contributed by atoms with Crippen molar-refractivity contribution in [2.24, 2.45) is 0 Å². The van der Waals surface area contributed by atoms with E-state index in [0.717, 1.165) is 18.3 Å². The maximum atomic E-state index is 13.0. The van der Waals surface area contributed by atoms with E-state index >= 15 is 0 Å². The summed E-state index contributed by atoms with van der Waals surface area (Å²) in [6.45, 7) is 1.75. The van der Waals surface area contributed by atoms with Gasteiger partial charge in [0, 0.05) is 0 Å². The maximum Gasteiger partial charge on any atom is 0.364 e. The molecule has 0 radical (unpaired) electrons. The molecule has 9 heteroatoms. The lowest BCUT2D eigenvalue weighted by atomic mass is 10.2. The van der Waals surface area contributed by atoms with E-state index in [0.29, 0.717) is 16.9 Å². The molecule has 3 rings (SSSR count). The van der Waals surface area contributed by atoms with Crippen molar-refractivity contribution in [2.45, 2.75) is 17.8 Å². The Bertz CT molecular complexity index is 1130. The Morgan fingerprint density at radius 3 is 2.50 bits per heavy atom. The highest BCUT2D eigenvalue weighted by Crippen LogP contribution is 2.22. The summed E-state index contributed by atoms with van der Waals surface area (Å²) < 4.78 is 43.4. The molecule has 6 nitrogen and oxygen atoms in total. The Hall–Kier alpha value is -2.84. The third kappa shape index (κ3) is 4.52. The normalized spacial score (nSPS) is 11.2. The molecule has 0 saturated heterocycles. The first-order valence-electron chi connectivity index (χ1n) is 8.04. The number of carbonyl (C=O) groups is 1. The van der Waals surface area contributed by atoms with Gasteiger partial charge in [0.2, 0.25) is 15.0 Å². The van der Waals surface area contributed by atoms with Crippen LogP contribution in [0.3, 0.4) is 0 Å². The first-order chi connectivity index (χ1) is 13.3. The lowest BCUT2D eigenvalue weighted by Crippen LogP contribution is -2.16. The highest BCUT2D eigenvalue weighted by Gasteiger charge is 2.24. The molecule has 144 valence electrons. The van der Waals surface area contributed by atoms with Gasteiger partial charge in [0.15, 0.2) is 5.69 Å². The van der Waals surface area contributed by atoms with Crippen LogP contribution in [0.15, 0.2) is 59.9 Å². The molecule has 28 heavy (non-hydrogen) atoms. The van der Waals surface area contributed by atoms with E-state index in [2.05, 4.69) is 9.97 Å². The lowest BCUT2D eigenvalue weighted by molar-refractivity contribution is 0.0726. The number of halogens is 2. The van der Waals surface area contributed by atoms with Gasteiger partial charge in [-0.1, -0.05) is 41.9 Å². The zero-order valence-electron chi connectivity index (χ0n) is 14.6. The molecule has 0 N–H and O–H groups in total. The molecule has 0 atom stereocenters. The van der Waals surface area contributed by atoms with Crippen LogP contribution in [-0.2, 0) is 15.6 Å². The van der Waals surface area contributed by atoms with Crippen LogP contribution in [0, 0.1) is 12.7 Å². The fourth-order valence-electron chi connectivity index (χ4n) is 2.33. The second kappa shape index (κ2) is 8.04. The largest absolute Gasteiger partial charge is 0.421 e. The number of benzene rings is 2. The van der Waals surface area contributed by atoms with Crippen molar-refractivity contribution in [3.63, 3.8) is 0 Å². The van der Waals surface area contributed by atoms with Crippen LogP contribution in [0.1, 0.15) is 21.6 Å². The minimum Gasteiger partial charge on any atom is -0.421 e. The summed E-state index contributed by atoms with van der Waals surface area (Å²) in [7, 11) is -3.99. The zero-order valence-corrected chi connectivity index (χ0v) is 16.2. The maximum absolute atomic E-state index is 13.0. The molecular formula is C19H14ClFN2O4S. The average molecular weight is 421 g/mol. The second-order valence-corrected chi connectivity index (χ2v) is 8.18. The molecule has 1 aromatic heterocycles. The van der Waals surface area contributed by atoms with E-state index in [-0.39, 0.29) is 10.7 Å². The molecule has 0 saturated carbocycles. The van der Waals surface area contributed by atoms with E-state index in [1.165, 1.54) is 12.1 Å². The van der Waals surface area contributed by atoms with Gasteiger partial charge in [-0.2, -0.15) is 0 Å². The monoisotopic (exact) mass is 420 g/mol. The topological polar surface area (TPSA) is 86.2 Å². The van der Waals surface area contributed by atoms with Gasteiger partial charge < -0.3 is 4.74 Å². The summed E-state index contributed by atoms with van der Waals surface area (Å²) in [6, 6.07) is 11.8. The molecule has 0 bridgehead atoms. The molecule has 0 unspecified atom stereocenters. The van der Waals surface area contributed by atoms with Gasteiger partial charge in [0.25, 0.3) is 0 Å². The van der Waals surface area contributed by atoms with Crippen LogP contribution in [0.4, 0.5) is 4.39 Å². The van der Waals surface area contributed by atoms with E-state index in [1.807, 2.05) is 0 Å². The van der Waals surface area contributed by atoms with Gasteiger partial charge >= 0.3 is 5.97 Å². The minimum atomic E-state index is -3.99. The van der Waals surface area contributed by atoms with Gasteiger partial charge in [-0.05, 0) is 36.2 Å². The predicted octanol–water partition coefficient (Wildman–Crippen LogP) is 3.77. The molecule has 0 aliphatic heterocycles. The molecule has 0 aliphatic carbocycles. The Labute approximate surface area is 165 Å². The van der Waals surface area contributed by atoms with Crippen molar-refractivity contribution in [3.8, 4) is 5.75 Å². The average Bonchev–Trinajstić information content (AvgIpc) is 2.65. The van der Waals surface area contributed by atoms with Gasteiger partial charge in [0.05, 0.1) is 17.0 Å². The minimum absolute atomic E-state index is 0.140. The standard InChI is InChI=1S/C19H14ClFN2O4S/c1-12-4-2-3-5-16(12)27-18(24)17-15(20)10-22-19(23-17)28(25,26)11-13-6-8-14(21)9-7-13/h2-10H,11H2,1H3. The van der Waals surface area contributed by atoms with Crippen LogP contribution in [-0.4, -0.2) is 24.4 Å². The molecule has 0 amide bonds. The number of nitrogens with zero attached hydrogens (tertiary/aromatic N) is 2. The number of aromatic nitrogens is 2. The van der Waals surface area contributed by atoms with Crippen LogP contribution >= 0.6 is 11.6 Å². The number of sulfone groups is 1. The molecular weight excluding hydrogens is 407 g/mol. The first kappa shape index (κ1) is 19.9. The van der Waals surface area contributed by atoms with E-state index in [9.17, 15) is 17.6 Å².